The van der Waals surface area contributed by atoms with Crippen molar-refractivity contribution in [2.45, 2.75) is 61.3 Å². The lowest BCUT2D eigenvalue weighted by Gasteiger charge is -2.47. The van der Waals surface area contributed by atoms with E-state index in [-0.39, 0.29) is 11.6 Å². The molecule has 2 aromatic rings. The number of aliphatic hydroxyl groups is 1. The summed E-state index contributed by atoms with van der Waals surface area (Å²) in [4.78, 5) is 2.90. The van der Waals surface area contributed by atoms with Crippen molar-refractivity contribution in [3.8, 4) is 0 Å². The molecule has 186 valence electrons. The molecule has 7 atom stereocenters. The molecule has 1 fully saturated rings. The molecule has 1 saturated heterocycles. The van der Waals surface area contributed by atoms with Crippen molar-refractivity contribution < 1.29 is 19.0 Å². The Balaban J connectivity index is 2.04. The van der Waals surface area contributed by atoms with E-state index >= 15 is 0 Å². The Morgan fingerprint density at radius 3 is 2.14 bits per heavy atom. The molecule has 3 rings (SSSR count). The van der Waals surface area contributed by atoms with Gasteiger partial charge in [0.15, 0.2) is 0 Å². The van der Waals surface area contributed by atoms with E-state index in [4.69, 9.17) is 27.3 Å². The second-order valence-electron chi connectivity index (χ2n) is 9.50. The third-order valence-corrected chi connectivity index (χ3v) is 12.3. The lowest BCUT2D eigenvalue weighted by atomic mass is 9.98. The first-order chi connectivity index (χ1) is 16.7. The first kappa shape index (κ1) is 28.2. The molecule has 1 N–H and O–H groups in total. The van der Waals surface area contributed by atoms with Crippen molar-refractivity contribution in [2.75, 3.05) is 12.9 Å². The Bertz CT molecular complexity index is 956. The van der Waals surface area contributed by atoms with Gasteiger partial charge >= 0.3 is 0 Å². The SMILES string of the molecule is [B]C(P)O[C@H]1C(CO[Si](c2ccccc2)(c2ccccc2)C(C)(C)C)OC(SC)[C@H](N=[N+]=[N-])[C@H]1O. The summed E-state index contributed by atoms with van der Waals surface area (Å²) in [5, 5.41) is 17.0. The maximum atomic E-state index is 11.1. The van der Waals surface area contributed by atoms with Gasteiger partial charge in [0.05, 0.1) is 12.7 Å². The Morgan fingerprint density at radius 2 is 1.71 bits per heavy atom. The first-order valence-corrected chi connectivity index (χ1v) is 15.3. The molecule has 4 unspecified atom stereocenters. The van der Waals surface area contributed by atoms with Gasteiger partial charge in [-0.3, -0.25) is 0 Å². The van der Waals surface area contributed by atoms with Gasteiger partial charge in [-0.1, -0.05) is 86.5 Å². The second kappa shape index (κ2) is 12.3. The van der Waals surface area contributed by atoms with Crippen LogP contribution in [0.5, 0.6) is 0 Å². The van der Waals surface area contributed by atoms with Gasteiger partial charge in [-0.05, 0) is 27.2 Å². The molecule has 11 heteroatoms. The normalized spacial score (nSPS) is 26.1. The van der Waals surface area contributed by atoms with E-state index in [9.17, 15) is 5.11 Å². The van der Waals surface area contributed by atoms with Crippen LogP contribution in [0.1, 0.15) is 20.8 Å². The van der Waals surface area contributed by atoms with Crippen molar-refractivity contribution in [3.05, 3.63) is 71.1 Å². The summed E-state index contributed by atoms with van der Waals surface area (Å²) in [6, 6.07) is 19.8. The average molecular weight is 529 g/mol. The maximum Gasteiger partial charge on any atom is 0.261 e. The quantitative estimate of drug-likeness (QED) is 0.177. The second-order valence-corrected chi connectivity index (χ2v) is 15.4. The summed E-state index contributed by atoms with van der Waals surface area (Å²) in [7, 11) is 5.43. The number of hydrogen-bond donors (Lipinski definition) is 1. The van der Waals surface area contributed by atoms with Crippen LogP contribution in [0.4, 0.5) is 0 Å². The lowest BCUT2D eigenvalue weighted by Crippen LogP contribution is -2.68. The summed E-state index contributed by atoms with van der Waals surface area (Å²) in [6.45, 7) is 6.77. The molecule has 0 saturated carbocycles. The average Bonchev–Trinajstić information content (AvgIpc) is 2.83. The van der Waals surface area contributed by atoms with Crippen LogP contribution < -0.4 is 10.4 Å². The van der Waals surface area contributed by atoms with Crippen molar-refractivity contribution in [3.63, 3.8) is 0 Å². The third-order valence-electron chi connectivity index (χ3n) is 6.25. The molecule has 1 aliphatic rings. The molecule has 1 aliphatic heterocycles. The fourth-order valence-corrected chi connectivity index (χ4v) is 10.2. The molecular weight excluding hydrogens is 496 g/mol. The highest BCUT2D eigenvalue weighted by molar-refractivity contribution is 7.99. The van der Waals surface area contributed by atoms with Crippen molar-refractivity contribution in [1.29, 1.82) is 0 Å². The van der Waals surface area contributed by atoms with Gasteiger partial charge in [-0.25, -0.2) is 0 Å². The zero-order valence-corrected chi connectivity index (χ0v) is 23.5. The minimum absolute atomic E-state index is 0.173. The Morgan fingerprint density at radius 1 is 1.17 bits per heavy atom. The molecular formula is C24H33BN3O4PSSi. The van der Waals surface area contributed by atoms with E-state index in [1.54, 1.807) is 0 Å². The van der Waals surface area contributed by atoms with Crippen LogP contribution >= 0.6 is 21.0 Å². The van der Waals surface area contributed by atoms with E-state index < -0.39 is 43.9 Å². The number of aliphatic hydroxyl groups excluding tert-OH is 1. The van der Waals surface area contributed by atoms with Gasteiger partial charge in [0.1, 0.15) is 31.5 Å². The number of azide groups is 1. The van der Waals surface area contributed by atoms with Crippen LogP contribution in [-0.2, 0) is 13.9 Å². The van der Waals surface area contributed by atoms with Gasteiger partial charge < -0.3 is 19.0 Å². The van der Waals surface area contributed by atoms with Gasteiger partial charge in [0, 0.05) is 10.7 Å². The highest BCUT2D eigenvalue weighted by atomic mass is 32.2. The number of nitrogens with zero attached hydrogens (tertiary/aromatic N) is 3. The topological polar surface area (TPSA) is 96.7 Å². The van der Waals surface area contributed by atoms with Gasteiger partial charge in [-0.15, -0.1) is 21.0 Å². The van der Waals surface area contributed by atoms with Gasteiger partial charge in [0.25, 0.3) is 8.32 Å². The summed E-state index contributed by atoms with van der Waals surface area (Å²) in [5.74, 6) is -0.730. The van der Waals surface area contributed by atoms with E-state index in [0.29, 0.717) is 0 Å². The Hall–Kier alpha value is -1.35. The standard InChI is InChI=1S/C24H33BN3O4PSSi/c1-24(2,3)35(16-11-7-5-8-12-16,17-13-9-6-10-14-17)30-15-18-21(32-23(25)33)20(29)19(27-28-26)22(31-18)34-4/h5-14,18-23,29H,15,33H2,1-4H3/t18?,19-,20-,21+,22?,23?/m1/s1. The molecule has 2 aromatic carbocycles. The summed E-state index contributed by atoms with van der Waals surface area (Å²) in [6.07, 6.45) is -0.711. The largest absolute Gasteiger partial charge is 0.405 e. The number of benzene rings is 2. The molecule has 2 radical (unpaired) electrons. The van der Waals surface area contributed by atoms with Gasteiger partial charge in [0.2, 0.25) is 0 Å². The monoisotopic (exact) mass is 529 g/mol. The van der Waals surface area contributed by atoms with E-state index in [1.807, 2.05) is 42.7 Å². The highest BCUT2D eigenvalue weighted by Crippen LogP contribution is 2.38. The van der Waals surface area contributed by atoms with Crippen molar-refractivity contribution in [1.82, 2.24) is 0 Å². The van der Waals surface area contributed by atoms with E-state index in [2.05, 4.69) is 64.3 Å². The molecule has 0 aromatic heterocycles. The number of hydrogen-bond acceptors (Lipinski definition) is 6. The summed E-state index contributed by atoms with van der Waals surface area (Å²) in [5.41, 5.74) is 8.48. The zero-order chi connectivity index (χ0) is 25.6. The first-order valence-electron chi connectivity index (χ1n) is 11.5. The van der Waals surface area contributed by atoms with Crippen LogP contribution in [0.3, 0.4) is 0 Å². The highest BCUT2D eigenvalue weighted by Gasteiger charge is 2.52. The van der Waals surface area contributed by atoms with Crippen molar-refractivity contribution in [2.24, 2.45) is 5.11 Å². The molecule has 1 heterocycles. The summed E-state index contributed by atoms with van der Waals surface area (Å²) < 4.78 is 19.2. The minimum atomic E-state index is -2.83. The molecule has 35 heavy (non-hydrogen) atoms. The minimum Gasteiger partial charge on any atom is -0.405 e. The van der Waals surface area contributed by atoms with Crippen LogP contribution in [-0.4, -0.2) is 69.7 Å². The van der Waals surface area contributed by atoms with Crippen LogP contribution in [0.25, 0.3) is 10.4 Å². The third kappa shape index (κ3) is 6.15. The van der Waals surface area contributed by atoms with Crippen LogP contribution in [0, 0.1) is 0 Å². The molecule has 0 spiro atoms. The number of thioether (sulfide) groups is 1. The van der Waals surface area contributed by atoms with E-state index in [0.717, 1.165) is 10.4 Å². The van der Waals surface area contributed by atoms with Crippen LogP contribution in [0.15, 0.2) is 65.8 Å². The Kier molecular flexibility index (Phi) is 9.89. The molecule has 0 aliphatic carbocycles. The fraction of sp³-hybridized carbons (Fsp3) is 0.500. The predicted molar refractivity (Wildman–Crippen MR) is 149 cm³/mol. The maximum absolute atomic E-state index is 11.1. The molecule has 0 bridgehead atoms. The van der Waals surface area contributed by atoms with Crippen molar-refractivity contribution >= 4 is 47.5 Å². The van der Waals surface area contributed by atoms with E-state index in [1.165, 1.54) is 11.8 Å². The predicted octanol–water partition coefficient (Wildman–Crippen LogP) is 3.40. The smallest absolute Gasteiger partial charge is 0.261 e. The fourth-order valence-electron chi connectivity index (χ4n) is 4.74. The lowest BCUT2D eigenvalue weighted by molar-refractivity contribution is -0.181. The molecule has 7 nitrogen and oxygen atoms in total. The Labute approximate surface area is 216 Å². The summed E-state index contributed by atoms with van der Waals surface area (Å²) >= 11 is 1.37. The van der Waals surface area contributed by atoms with Gasteiger partial charge in [-0.2, -0.15) is 0 Å². The molecule has 0 amide bonds. The number of ether oxygens (including phenoxy) is 2. The van der Waals surface area contributed by atoms with Crippen LogP contribution in [0.2, 0.25) is 5.04 Å². The number of rotatable bonds is 9. The zero-order valence-electron chi connectivity index (χ0n) is 20.5.